The highest BCUT2D eigenvalue weighted by molar-refractivity contribution is 9.10. The highest BCUT2D eigenvalue weighted by Gasteiger charge is 2.20. The number of hydrogen-bond donors (Lipinski definition) is 2. The lowest BCUT2D eigenvalue weighted by Crippen LogP contribution is -2.35. The smallest absolute Gasteiger partial charge is 0.231 e. The van der Waals surface area contributed by atoms with Crippen LogP contribution < -0.4 is 20.1 Å². The number of halogens is 1. The van der Waals surface area contributed by atoms with E-state index in [0.29, 0.717) is 6.42 Å². The zero-order valence-electron chi connectivity index (χ0n) is 10.4. The Morgan fingerprint density at radius 2 is 2.32 bits per heavy atom. The van der Waals surface area contributed by atoms with E-state index in [1.807, 2.05) is 12.1 Å². The number of carbonyl (C=O) groups is 1. The van der Waals surface area contributed by atoms with E-state index in [-0.39, 0.29) is 18.7 Å². The number of benzene rings is 1. The average molecular weight is 327 g/mol. The summed E-state index contributed by atoms with van der Waals surface area (Å²) in [6.07, 6.45) is 1.55. The molecule has 0 bridgehead atoms. The van der Waals surface area contributed by atoms with Crippen molar-refractivity contribution in [1.82, 2.24) is 10.6 Å². The molecule has 1 saturated heterocycles. The van der Waals surface area contributed by atoms with Crippen molar-refractivity contribution in [2.45, 2.75) is 25.4 Å². The number of hydrogen-bond acceptors (Lipinski definition) is 4. The maximum atomic E-state index is 11.1. The first-order valence-electron chi connectivity index (χ1n) is 6.30. The first-order chi connectivity index (χ1) is 9.22. The summed E-state index contributed by atoms with van der Waals surface area (Å²) in [6, 6.07) is 4.26. The molecule has 2 aliphatic heterocycles. The van der Waals surface area contributed by atoms with E-state index in [9.17, 15) is 4.79 Å². The third-order valence-electron chi connectivity index (χ3n) is 3.29. The van der Waals surface area contributed by atoms with Gasteiger partial charge in [-0.1, -0.05) is 0 Å². The van der Waals surface area contributed by atoms with E-state index in [1.165, 1.54) is 0 Å². The van der Waals surface area contributed by atoms with Gasteiger partial charge in [-0.2, -0.15) is 0 Å². The van der Waals surface area contributed by atoms with Gasteiger partial charge < -0.3 is 20.1 Å². The van der Waals surface area contributed by atoms with Gasteiger partial charge in [0, 0.05) is 25.6 Å². The van der Waals surface area contributed by atoms with Gasteiger partial charge in [-0.3, -0.25) is 4.79 Å². The lowest BCUT2D eigenvalue weighted by Gasteiger charge is -2.12. The summed E-state index contributed by atoms with van der Waals surface area (Å²) in [4.78, 5) is 11.1. The molecule has 1 aromatic carbocycles. The van der Waals surface area contributed by atoms with Gasteiger partial charge in [0.25, 0.3) is 0 Å². The molecule has 1 fully saturated rings. The predicted molar refractivity (Wildman–Crippen MR) is 73.1 cm³/mol. The molecule has 2 aliphatic rings. The van der Waals surface area contributed by atoms with Crippen molar-refractivity contribution in [2.75, 3.05) is 13.3 Å². The van der Waals surface area contributed by atoms with Gasteiger partial charge in [0.05, 0.1) is 4.47 Å². The normalized spacial score (nSPS) is 20.7. The zero-order valence-corrected chi connectivity index (χ0v) is 12.0. The fourth-order valence-corrected chi connectivity index (χ4v) is 2.95. The molecule has 0 aromatic heterocycles. The van der Waals surface area contributed by atoms with Gasteiger partial charge in [0.2, 0.25) is 12.7 Å². The van der Waals surface area contributed by atoms with Gasteiger partial charge in [0.15, 0.2) is 11.5 Å². The lowest BCUT2D eigenvalue weighted by molar-refractivity contribution is -0.119. The first-order valence-corrected chi connectivity index (χ1v) is 7.10. The zero-order chi connectivity index (χ0) is 13.2. The second kappa shape index (κ2) is 5.38. The van der Waals surface area contributed by atoms with Crippen LogP contribution in [-0.2, 0) is 11.3 Å². The quantitative estimate of drug-likeness (QED) is 0.881. The molecule has 1 unspecified atom stereocenters. The fraction of sp³-hybridized carbons (Fsp3) is 0.462. The van der Waals surface area contributed by atoms with Crippen molar-refractivity contribution in [3.05, 3.63) is 22.2 Å². The van der Waals surface area contributed by atoms with E-state index >= 15 is 0 Å². The van der Waals surface area contributed by atoms with E-state index in [1.54, 1.807) is 0 Å². The van der Waals surface area contributed by atoms with Crippen LogP contribution in [-0.4, -0.2) is 25.3 Å². The molecule has 0 spiro atoms. The van der Waals surface area contributed by atoms with Crippen LogP contribution in [0.2, 0.25) is 0 Å². The summed E-state index contributed by atoms with van der Waals surface area (Å²) < 4.78 is 11.6. The number of rotatable bonds is 4. The molecule has 2 N–H and O–H groups in total. The maximum absolute atomic E-state index is 11.1. The fourth-order valence-electron chi connectivity index (χ4n) is 2.34. The minimum absolute atomic E-state index is 0.151. The molecule has 0 radical (unpaired) electrons. The van der Waals surface area contributed by atoms with Gasteiger partial charge in [-0.15, -0.1) is 0 Å². The molecular formula is C13H15BrN2O3. The van der Waals surface area contributed by atoms with Crippen molar-refractivity contribution < 1.29 is 14.3 Å². The van der Waals surface area contributed by atoms with Crippen LogP contribution >= 0.6 is 15.9 Å². The van der Waals surface area contributed by atoms with Crippen LogP contribution in [0.1, 0.15) is 18.4 Å². The van der Waals surface area contributed by atoms with Crippen molar-refractivity contribution in [2.24, 2.45) is 0 Å². The van der Waals surface area contributed by atoms with Crippen molar-refractivity contribution in [3.8, 4) is 11.5 Å². The molecule has 3 rings (SSSR count). The third-order valence-corrected chi connectivity index (χ3v) is 3.88. The van der Waals surface area contributed by atoms with Crippen molar-refractivity contribution in [3.63, 3.8) is 0 Å². The van der Waals surface area contributed by atoms with E-state index < -0.39 is 0 Å². The van der Waals surface area contributed by atoms with E-state index in [4.69, 9.17) is 9.47 Å². The minimum atomic E-state index is 0.151. The van der Waals surface area contributed by atoms with Crippen molar-refractivity contribution >= 4 is 21.8 Å². The Labute approximate surface area is 119 Å². The highest BCUT2D eigenvalue weighted by Crippen LogP contribution is 2.39. The molecule has 0 saturated carbocycles. The Kier molecular flexibility index (Phi) is 3.61. The SMILES string of the molecule is O=C1CCC(CNCc2cc(Br)c3c(c2)OCO3)N1. The molecule has 6 heteroatoms. The van der Waals surface area contributed by atoms with Crippen LogP contribution in [0.15, 0.2) is 16.6 Å². The van der Waals surface area contributed by atoms with Gasteiger partial charge in [0.1, 0.15) is 0 Å². The Hall–Kier alpha value is -1.27. The molecule has 102 valence electrons. The summed E-state index contributed by atoms with van der Waals surface area (Å²) >= 11 is 3.47. The minimum Gasteiger partial charge on any atom is -0.454 e. The molecule has 1 amide bonds. The summed E-state index contributed by atoms with van der Waals surface area (Å²) in [5, 5.41) is 6.29. The highest BCUT2D eigenvalue weighted by atomic mass is 79.9. The van der Waals surface area contributed by atoms with Gasteiger partial charge in [-0.25, -0.2) is 0 Å². The third kappa shape index (κ3) is 2.84. The molecule has 19 heavy (non-hydrogen) atoms. The van der Waals surface area contributed by atoms with Crippen LogP contribution in [0.4, 0.5) is 0 Å². The predicted octanol–water partition coefficient (Wildman–Crippen LogP) is 1.55. The van der Waals surface area contributed by atoms with Gasteiger partial charge >= 0.3 is 0 Å². The average Bonchev–Trinajstić information content (AvgIpc) is 2.98. The van der Waals surface area contributed by atoms with Crippen LogP contribution in [0.5, 0.6) is 11.5 Å². The number of amides is 1. The van der Waals surface area contributed by atoms with Gasteiger partial charge in [-0.05, 0) is 40.0 Å². The molecular weight excluding hydrogens is 312 g/mol. The molecule has 1 atom stereocenters. The molecule has 1 aromatic rings. The second-order valence-corrected chi connectivity index (χ2v) is 5.60. The molecule has 2 heterocycles. The number of ether oxygens (including phenoxy) is 2. The first kappa shape index (κ1) is 12.7. The topological polar surface area (TPSA) is 59.6 Å². The monoisotopic (exact) mass is 326 g/mol. The summed E-state index contributed by atoms with van der Waals surface area (Å²) in [5.41, 5.74) is 1.13. The van der Waals surface area contributed by atoms with Crippen LogP contribution in [0, 0.1) is 0 Å². The Balaban J connectivity index is 1.55. The molecule has 5 nitrogen and oxygen atoms in total. The molecule has 0 aliphatic carbocycles. The summed E-state index contributed by atoms with van der Waals surface area (Å²) in [7, 11) is 0. The second-order valence-electron chi connectivity index (χ2n) is 4.75. The Morgan fingerprint density at radius 1 is 1.42 bits per heavy atom. The lowest BCUT2D eigenvalue weighted by atomic mass is 10.2. The summed E-state index contributed by atoms with van der Waals surface area (Å²) in [6.45, 7) is 1.80. The van der Waals surface area contributed by atoms with Crippen molar-refractivity contribution in [1.29, 1.82) is 0 Å². The standard InChI is InChI=1S/C13H15BrN2O3/c14-10-3-8(4-11-13(10)19-7-18-11)5-15-6-9-1-2-12(17)16-9/h3-4,9,15H,1-2,5-7H2,(H,16,17). The Morgan fingerprint density at radius 3 is 3.11 bits per heavy atom. The largest absolute Gasteiger partial charge is 0.454 e. The van der Waals surface area contributed by atoms with Crippen LogP contribution in [0.25, 0.3) is 0 Å². The number of nitrogens with one attached hydrogen (secondary N) is 2. The van der Waals surface area contributed by atoms with E-state index in [0.717, 1.165) is 41.0 Å². The maximum Gasteiger partial charge on any atom is 0.231 e. The number of carbonyl (C=O) groups excluding carboxylic acids is 1. The van der Waals surface area contributed by atoms with Crippen LogP contribution in [0.3, 0.4) is 0 Å². The Bertz CT molecular complexity index is 507. The summed E-state index contributed by atoms with van der Waals surface area (Å²) in [5.74, 6) is 1.70. The number of fused-ring (bicyclic) bond motifs is 1. The van der Waals surface area contributed by atoms with E-state index in [2.05, 4.69) is 26.6 Å².